The Labute approximate surface area is 222 Å². The van der Waals surface area contributed by atoms with Crippen molar-refractivity contribution in [2.45, 2.75) is 45.6 Å². The second-order valence-electron chi connectivity index (χ2n) is 9.61. The Balaban J connectivity index is 1.89. The van der Waals surface area contributed by atoms with E-state index in [9.17, 15) is 19.5 Å². The van der Waals surface area contributed by atoms with Gasteiger partial charge in [0.25, 0.3) is 11.7 Å². The van der Waals surface area contributed by atoms with E-state index in [-0.39, 0.29) is 23.7 Å². The van der Waals surface area contributed by atoms with E-state index in [2.05, 4.69) is 0 Å². The van der Waals surface area contributed by atoms with Crippen molar-refractivity contribution in [3.8, 4) is 5.75 Å². The van der Waals surface area contributed by atoms with Crippen LogP contribution in [0, 0.1) is 0 Å². The van der Waals surface area contributed by atoms with Crippen LogP contribution in [0.4, 0.5) is 5.69 Å². The molecule has 7 nitrogen and oxygen atoms in total. The second kappa shape index (κ2) is 10.9. The Kier molecular flexibility index (Phi) is 7.67. The van der Waals surface area contributed by atoms with Gasteiger partial charge < -0.3 is 14.9 Å². The Morgan fingerprint density at radius 1 is 0.947 bits per heavy atom. The number of carbonyl (C=O) groups is 3. The van der Waals surface area contributed by atoms with E-state index in [4.69, 9.17) is 9.84 Å². The van der Waals surface area contributed by atoms with E-state index in [0.29, 0.717) is 28.1 Å². The maximum absolute atomic E-state index is 13.5. The van der Waals surface area contributed by atoms with Crippen LogP contribution in [-0.2, 0) is 27.2 Å². The largest absolute Gasteiger partial charge is 0.507 e. The first-order chi connectivity index (χ1) is 18.2. The molecule has 4 rings (SSSR count). The molecule has 1 aliphatic heterocycles. The summed E-state index contributed by atoms with van der Waals surface area (Å²) in [4.78, 5) is 39.3. The molecule has 2 N–H and O–H groups in total. The molecule has 0 aromatic heterocycles. The van der Waals surface area contributed by atoms with Crippen molar-refractivity contribution in [1.82, 2.24) is 0 Å². The van der Waals surface area contributed by atoms with Gasteiger partial charge in [0.15, 0.2) is 0 Å². The molecule has 0 radical (unpaired) electrons. The van der Waals surface area contributed by atoms with Gasteiger partial charge >= 0.3 is 5.97 Å². The minimum absolute atomic E-state index is 0.00580. The average Bonchev–Trinajstić information content (AvgIpc) is 3.18. The number of aryl methyl sites for hydroxylation is 1. The number of nitrogens with zero attached hydrogens (tertiary/aromatic N) is 1. The maximum Gasteiger partial charge on any atom is 0.307 e. The molecule has 1 amide bonds. The third-order valence-corrected chi connectivity index (χ3v) is 6.84. The number of aliphatic hydroxyl groups excluding tert-OH is 1. The highest BCUT2D eigenvalue weighted by atomic mass is 16.5. The van der Waals surface area contributed by atoms with Crippen molar-refractivity contribution in [3.63, 3.8) is 0 Å². The fourth-order valence-electron chi connectivity index (χ4n) is 4.79. The molecule has 38 heavy (non-hydrogen) atoms. The van der Waals surface area contributed by atoms with Crippen LogP contribution in [0.1, 0.15) is 60.5 Å². The molecule has 0 saturated carbocycles. The van der Waals surface area contributed by atoms with Crippen LogP contribution in [0.2, 0.25) is 0 Å². The van der Waals surface area contributed by atoms with Gasteiger partial charge in [-0.1, -0.05) is 57.2 Å². The zero-order valence-electron chi connectivity index (χ0n) is 21.9. The van der Waals surface area contributed by atoms with Crippen LogP contribution in [0.15, 0.2) is 72.3 Å². The number of aliphatic carboxylic acids is 1. The van der Waals surface area contributed by atoms with E-state index in [0.717, 1.165) is 17.5 Å². The number of methoxy groups -OCH3 is 1. The molecular weight excluding hydrogens is 482 g/mol. The average molecular weight is 514 g/mol. The zero-order valence-corrected chi connectivity index (χ0v) is 21.9. The molecule has 196 valence electrons. The predicted molar refractivity (Wildman–Crippen MR) is 145 cm³/mol. The fourth-order valence-corrected chi connectivity index (χ4v) is 4.79. The number of Topliss-reactive ketones (excluding diaryl/α,β-unsaturated/α-hetero) is 1. The number of ketones is 1. The summed E-state index contributed by atoms with van der Waals surface area (Å²) in [7, 11) is 1.58. The molecule has 0 spiro atoms. The van der Waals surface area contributed by atoms with Crippen LogP contribution in [0.3, 0.4) is 0 Å². The maximum atomic E-state index is 13.5. The number of benzene rings is 3. The molecule has 7 heteroatoms. The lowest BCUT2D eigenvalue weighted by Crippen LogP contribution is -2.29. The molecule has 1 saturated heterocycles. The van der Waals surface area contributed by atoms with Crippen LogP contribution in [0.25, 0.3) is 5.76 Å². The first-order valence-electron chi connectivity index (χ1n) is 12.5. The molecule has 3 aromatic carbocycles. The molecule has 0 aliphatic carbocycles. The number of amides is 1. The van der Waals surface area contributed by atoms with Crippen molar-refractivity contribution < 1.29 is 29.3 Å². The Bertz CT molecular complexity index is 1400. The summed E-state index contributed by atoms with van der Waals surface area (Å²) in [6, 6.07) is 18.4. The number of carboxylic acid groups (broad SMARTS) is 1. The van der Waals surface area contributed by atoms with Crippen molar-refractivity contribution in [2.24, 2.45) is 0 Å². The van der Waals surface area contributed by atoms with Gasteiger partial charge in [-0.3, -0.25) is 19.3 Å². The summed E-state index contributed by atoms with van der Waals surface area (Å²) in [5.41, 5.74) is 4.05. The molecule has 1 aliphatic rings. The minimum Gasteiger partial charge on any atom is -0.507 e. The summed E-state index contributed by atoms with van der Waals surface area (Å²) in [5.74, 6) is -2.01. The third kappa shape index (κ3) is 5.05. The molecule has 1 atom stereocenters. The van der Waals surface area contributed by atoms with Gasteiger partial charge in [-0.2, -0.15) is 0 Å². The standard InChI is InChI=1S/C31H31NO6/c1-5-19-6-10-21(11-7-19)28-27(29(35)22-12-15-25(38-4)24(17-22)18(2)3)30(36)31(37)32(28)23-13-8-20(9-14-23)16-26(33)34/h6-15,17-18,28,35H,5,16H2,1-4H3,(H,33,34)/b29-27-. The quantitative estimate of drug-likeness (QED) is 0.230. The van der Waals surface area contributed by atoms with Gasteiger partial charge in [0.05, 0.1) is 25.1 Å². The van der Waals surface area contributed by atoms with Crippen molar-refractivity contribution in [3.05, 3.63) is 100 Å². The number of hydrogen-bond donors (Lipinski definition) is 2. The molecule has 1 unspecified atom stereocenters. The number of aliphatic hydroxyl groups is 1. The van der Waals surface area contributed by atoms with Gasteiger partial charge in [0.2, 0.25) is 0 Å². The Hall–Kier alpha value is -4.39. The lowest BCUT2D eigenvalue weighted by atomic mass is 9.92. The summed E-state index contributed by atoms with van der Waals surface area (Å²) >= 11 is 0. The predicted octanol–water partition coefficient (Wildman–Crippen LogP) is 5.63. The molecular formula is C31H31NO6. The van der Waals surface area contributed by atoms with E-state index >= 15 is 0 Å². The monoisotopic (exact) mass is 513 g/mol. The number of carboxylic acids is 1. The number of anilines is 1. The number of ether oxygens (including phenoxy) is 1. The number of carbonyl (C=O) groups excluding carboxylic acids is 2. The molecule has 0 bridgehead atoms. The topological polar surface area (TPSA) is 104 Å². The van der Waals surface area contributed by atoms with Gasteiger partial charge in [-0.25, -0.2) is 0 Å². The zero-order chi connectivity index (χ0) is 27.6. The van der Waals surface area contributed by atoms with E-state index in [1.807, 2.05) is 45.0 Å². The molecule has 1 fully saturated rings. The first kappa shape index (κ1) is 26.7. The summed E-state index contributed by atoms with van der Waals surface area (Å²) < 4.78 is 5.46. The highest BCUT2D eigenvalue weighted by molar-refractivity contribution is 6.51. The Morgan fingerprint density at radius 2 is 1.58 bits per heavy atom. The van der Waals surface area contributed by atoms with Crippen LogP contribution < -0.4 is 9.64 Å². The highest BCUT2D eigenvalue weighted by Gasteiger charge is 2.47. The van der Waals surface area contributed by atoms with E-state index < -0.39 is 23.7 Å². The second-order valence-corrected chi connectivity index (χ2v) is 9.61. The number of rotatable bonds is 8. The molecule has 1 heterocycles. The lowest BCUT2D eigenvalue weighted by Gasteiger charge is -2.26. The minimum atomic E-state index is -0.963. The normalized spacial score (nSPS) is 16.8. The van der Waals surface area contributed by atoms with Gasteiger partial charge in [0, 0.05) is 11.3 Å². The van der Waals surface area contributed by atoms with E-state index in [1.54, 1.807) is 49.6 Å². The third-order valence-electron chi connectivity index (χ3n) is 6.84. The highest BCUT2D eigenvalue weighted by Crippen LogP contribution is 2.43. The van der Waals surface area contributed by atoms with E-state index in [1.165, 1.54) is 4.90 Å². The van der Waals surface area contributed by atoms with Crippen LogP contribution in [0.5, 0.6) is 5.75 Å². The van der Waals surface area contributed by atoms with Crippen molar-refractivity contribution >= 4 is 29.1 Å². The molecule has 3 aromatic rings. The lowest BCUT2D eigenvalue weighted by molar-refractivity contribution is -0.136. The van der Waals surface area contributed by atoms with Crippen molar-refractivity contribution in [1.29, 1.82) is 0 Å². The smallest absolute Gasteiger partial charge is 0.307 e. The number of hydrogen-bond acceptors (Lipinski definition) is 5. The summed E-state index contributed by atoms with van der Waals surface area (Å²) in [5, 5.41) is 20.6. The first-order valence-corrected chi connectivity index (χ1v) is 12.5. The van der Waals surface area contributed by atoms with Gasteiger partial charge in [-0.05, 0) is 64.9 Å². The SMILES string of the molecule is CCc1ccc(C2/C(=C(/O)c3ccc(OC)c(C(C)C)c3)C(=O)C(=O)N2c2ccc(CC(=O)O)cc2)cc1. The van der Waals surface area contributed by atoms with Crippen molar-refractivity contribution in [2.75, 3.05) is 12.0 Å². The summed E-state index contributed by atoms with van der Waals surface area (Å²) in [6.07, 6.45) is 0.673. The fraction of sp³-hybridized carbons (Fsp3) is 0.258. The van der Waals surface area contributed by atoms with Crippen LogP contribution in [-0.4, -0.2) is 35.0 Å². The van der Waals surface area contributed by atoms with Gasteiger partial charge in [0.1, 0.15) is 11.5 Å². The van der Waals surface area contributed by atoms with Gasteiger partial charge in [-0.15, -0.1) is 0 Å². The van der Waals surface area contributed by atoms with Crippen LogP contribution >= 0.6 is 0 Å². The Morgan fingerprint density at radius 3 is 2.13 bits per heavy atom. The summed E-state index contributed by atoms with van der Waals surface area (Å²) in [6.45, 7) is 6.05.